The molecule has 66 heavy (non-hydrogen) atoms. The number of likely N-dealkylation sites (N-methyl/N-ethyl adjacent to an activating group) is 2. The van der Waals surface area contributed by atoms with Crippen molar-refractivity contribution in [3.05, 3.63) is 0 Å². The average molecular weight is 1010 g/mol. The molecule has 0 amide bonds. The highest BCUT2D eigenvalue weighted by Gasteiger charge is 2.23. The van der Waals surface area contributed by atoms with Crippen molar-refractivity contribution in [3.8, 4) is 0 Å². The van der Waals surface area contributed by atoms with E-state index in [4.69, 9.17) is 18.9 Å². The Bertz CT molecular complexity index is 1300. The number of carbonyl (C=O) groups excluding carboxylic acids is 4. The summed E-state index contributed by atoms with van der Waals surface area (Å²) < 4.78 is 22.1. The number of aliphatic hydroxyl groups is 1. The van der Waals surface area contributed by atoms with E-state index in [0.717, 1.165) is 109 Å². The van der Waals surface area contributed by atoms with Crippen LogP contribution < -0.4 is 10.6 Å². The Morgan fingerprint density at radius 1 is 0.530 bits per heavy atom. The molecule has 2 aliphatic rings. The molecule has 16 nitrogen and oxygen atoms in total. The minimum Gasteiger partial charge on any atom is -0.465 e. The number of ether oxygens (including phenoxy) is 4. The molecular formula is C46H89N7O9S4. The van der Waals surface area contributed by atoms with E-state index in [-0.39, 0.29) is 54.2 Å². The third-order valence-electron chi connectivity index (χ3n) is 11.2. The maximum Gasteiger partial charge on any atom is 0.307 e. The zero-order chi connectivity index (χ0) is 48.3. The van der Waals surface area contributed by atoms with E-state index in [9.17, 15) is 24.3 Å². The smallest absolute Gasteiger partial charge is 0.307 e. The van der Waals surface area contributed by atoms with E-state index >= 15 is 0 Å². The molecule has 0 atom stereocenters. The second-order valence-electron chi connectivity index (χ2n) is 19.0. The van der Waals surface area contributed by atoms with Gasteiger partial charge in [-0.05, 0) is 72.5 Å². The van der Waals surface area contributed by atoms with Gasteiger partial charge in [-0.2, -0.15) is 0 Å². The lowest BCUT2D eigenvalue weighted by molar-refractivity contribution is -0.147. The summed E-state index contributed by atoms with van der Waals surface area (Å²) in [7, 11) is 11.0. The lowest BCUT2D eigenvalue weighted by Crippen LogP contribution is -2.45. The number of nitrogens with one attached hydrogen (secondary N) is 2. The SMILES string of the molecule is CN1CCN(CCCNCCC(=O)OCCSSCC(C)(C)COC(=O)CCN(CCCCO)CCC(=O)OCCSSCC(C)(C)COC(=O)CCNCCCN2CCN(C)CC2)CC1. The summed E-state index contributed by atoms with van der Waals surface area (Å²) in [6.45, 7) is 25.6. The number of unbranched alkanes of at least 4 members (excludes halogenated alkanes) is 1. The minimum atomic E-state index is -0.280. The number of carbonyl (C=O) groups is 4. The fourth-order valence-electron chi connectivity index (χ4n) is 6.73. The van der Waals surface area contributed by atoms with Crippen molar-refractivity contribution in [3.63, 3.8) is 0 Å². The van der Waals surface area contributed by atoms with Gasteiger partial charge in [-0.25, -0.2) is 0 Å². The quantitative estimate of drug-likeness (QED) is 0.0348. The molecule has 0 aromatic rings. The normalized spacial score (nSPS) is 15.9. The highest BCUT2D eigenvalue weighted by atomic mass is 33.1. The van der Waals surface area contributed by atoms with Crippen LogP contribution in [0.15, 0.2) is 0 Å². The molecule has 0 saturated carbocycles. The van der Waals surface area contributed by atoms with Gasteiger partial charge in [-0.1, -0.05) is 70.9 Å². The topological polar surface area (TPSA) is 166 Å². The number of hydrogen-bond donors (Lipinski definition) is 3. The number of piperazine rings is 2. The van der Waals surface area contributed by atoms with Crippen LogP contribution in [0.1, 0.15) is 79.1 Å². The largest absolute Gasteiger partial charge is 0.465 e. The molecule has 2 heterocycles. The van der Waals surface area contributed by atoms with Gasteiger partial charge in [0, 0.05) is 119 Å². The number of aliphatic hydroxyl groups excluding tert-OH is 1. The first-order chi connectivity index (χ1) is 31.7. The van der Waals surface area contributed by atoms with Crippen LogP contribution in [-0.2, 0) is 38.1 Å². The van der Waals surface area contributed by atoms with Crippen LogP contribution in [0.5, 0.6) is 0 Å². The van der Waals surface area contributed by atoms with Crippen LogP contribution in [0.2, 0.25) is 0 Å². The van der Waals surface area contributed by atoms with Gasteiger partial charge in [0.15, 0.2) is 0 Å². The lowest BCUT2D eigenvalue weighted by atomic mass is 9.98. The monoisotopic (exact) mass is 1010 g/mol. The van der Waals surface area contributed by atoms with E-state index in [2.05, 4.69) is 76.9 Å². The molecule has 3 N–H and O–H groups in total. The number of esters is 4. The summed E-state index contributed by atoms with van der Waals surface area (Å²) >= 11 is 0. The minimum absolute atomic E-state index is 0.0950. The summed E-state index contributed by atoms with van der Waals surface area (Å²) in [5, 5.41) is 16.0. The fourth-order valence-corrected chi connectivity index (χ4v) is 11.8. The summed E-state index contributed by atoms with van der Waals surface area (Å²) in [4.78, 5) is 61.5. The van der Waals surface area contributed by atoms with Crippen LogP contribution in [0.3, 0.4) is 0 Å². The van der Waals surface area contributed by atoms with Crippen molar-refractivity contribution in [2.24, 2.45) is 10.8 Å². The van der Waals surface area contributed by atoms with E-state index in [0.29, 0.717) is 89.9 Å². The molecule has 0 unspecified atom stereocenters. The van der Waals surface area contributed by atoms with Crippen molar-refractivity contribution >= 4 is 67.1 Å². The van der Waals surface area contributed by atoms with Crippen molar-refractivity contribution < 1.29 is 43.2 Å². The second kappa shape index (κ2) is 37.7. The van der Waals surface area contributed by atoms with E-state index in [1.807, 2.05) is 0 Å². The Balaban J connectivity index is 1.46. The molecule has 20 heteroatoms. The van der Waals surface area contributed by atoms with Gasteiger partial charge in [0.1, 0.15) is 13.2 Å². The molecule has 2 rings (SSSR count). The van der Waals surface area contributed by atoms with Gasteiger partial charge in [-0.3, -0.25) is 19.2 Å². The highest BCUT2D eigenvalue weighted by molar-refractivity contribution is 8.77. The molecule has 2 aliphatic heterocycles. The van der Waals surface area contributed by atoms with Gasteiger partial charge in [0.2, 0.25) is 0 Å². The molecule has 386 valence electrons. The van der Waals surface area contributed by atoms with Crippen LogP contribution in [0.4, 0.5) is 0 Å². The molecule has 2 saturated heterocycles. The standard InChI is InChI=1S/C46H89N7O9S4/c1-45(2,37-61-42(56)12-18-48-16-10-21-53-30-26-50(6)27-31-53)39-65-64-36-34-60-43(57)13-22-51(19-7-8-32-54)23-14-44(58)62-38-46(3,4)40-66-63-35-33-59-41(55)11-17-47-15-9-20-52-28-24-49(5)25-29-52/h47-48,54H,7-40H2,1-6H3. The highest BCUT2D eigenvalue weighted by Crippen LogP contribution is 2.31. The first kappa shape index (κ1) is 61.1. The van der Waals surface area contributed by atoms with Crippen molar-refractivity contribution in [2.45, 2.75) is 79.1 Å². The third kappa shape index (κ3) is 34.3. The Kier molecular flexibility index (Phi) is 34.9. The fraction of sp³-hybridized carbons (Fsp3) is 0.913. The lowest BCUT2D eigenvalue weighted by Gasteiger charge is -2.32. The van der Waals surface area contributed by atoms with Crippen LogP contribution in [-0.4, -0.2) is 235 Å². The van der Waals surface area contributed by atoms with Gasteiger partial charge in [0.05, 0.1) is 38.9 Å². The second-order valence-corrected chi connectivity index (χ2v) is 24.2. The van der Waals surface area contributed by atoms with Gasteiger partial charge in [0.25, 0.3) is 0 Å². The molecule has 0 aromatic heterocycles. The number of hydrogen-bond acceptors (Lipinski definition) is 20. The summed E-state index contributed by atoms with van der Waals surface area (Å²) in [5.41, 5.74) is -0.405. The van der Waals surface area contributed by atoms with Crippen molar-refractivity contribution in [1.29, 1.82) is 0 Å². The van der Waals surface area contributed by atoms with E-state index < -0.39 is 0 Å². The molecule has 0 radical (unpaired) electrons. The third-order valence-corrected chi connectivity index (χ3v) is 16.7. The first-order valence-electron chi connectivity index (χ1n) is 24.3. The zero-order valence-corrected chi connectivity index (χ0v) is 44.9. The maximum absolute atomic E-state index is 12.7. The summed E-state index contributed by atoms with van der Waals surface area (Å²) in [6, 6.07) is 0. The molecule has 2 fully saturated rings. The average Bonchev–Trinajstić information content (AvgIpc) is 3.29. The van der Waals surface area contributed by atoms with Crippen molar-refractivity contribution in [1.82, 2.24) is 35.1 Å². The van der Waals surface area contributed by atoms with Gasteiger partial charge >= 0.3 is 23.9 Å². The molecule has 0 aliphatic carbocycles. The predicted octanol–water partition coefficient (Wildman–Crippen LogP) is 4.06. The summed E-state index contributed by atoms with van der Waals surface area (Å²) in [5.74, 6) is 1.99. The Morgan fingerprint density at radius 3 is 1.38 bits per heavy atom. The predicted molar refractivity (Wildman–Crippen MR) is 275 cm³/mol. The summed E-state index contributed by atoms with van der Waals surface area (Å²) in [6.07, 6.45) is 4.73. The number of rotatable bonds is 40. The number of nitrogens with zero attached hydrogens (tertiary/aromatic N) is 5. The van der Waals surface area contributed by atoms with Crippen LogP contribution in [0.25, 0.3) is 0 Å². The Labute approximate surface area is 414 Å². The molecule has 0 spiro atoms. The molecule has 0 bridgehead atoms. The van der Waals surface area contributed by atoms with E-state index in [1.54, 1.807) is 43.2 Å². The van der Waals surface area contributed by atoms with Gasteiger partial charge in [-0.15, -0.1) is 0 Å². The van der Waals surface area contributed by atoms with Crippen LogP contribution in [0, 0.1) is 10.8 Å². The maximum atomic E-state index is 12.7. The first-order valence-corrected chi connectivity index (χ1v) is 29.3. The zero-order valence-electron chi connectivity index (χ0n) is 41.6. The molecular weight excluding hydrogens is 923 g/mol. The van der Waals surface area contributed by atoms with Crippen LogP contribution >= 0.6 is 43.2 Å². The van der Waals surface area contributed by atoms with E-state index in [1.165, 1.54) is 0 Å². The van der Waals surface area contributed by atoms with Crippen molar-refractivity contribution in [2.75, 3.05) is 181 Å². The Hall–Kier alpha value is -1.04. The Morgan fingerprint density at radius 2 is 0.939 bits per heavy atom. The van der Waals surface area contributed by atoms with Gasteiger partial charge < -0.3 is 59.2 Å². The molecule has 0 aromatic carbocycles.